The molecule has 0 aliphatic carbocycles. The summed E-state index contributed by atoms with van der Waals surface area (Å²) in [4.78, 5) is 24.5. The van der Waals surface area contributed by atoms with Crippen LogP contribution in [0, 0.1) is 5.41 Å². The summed E-state index contributed by atoms with van der Waals surface area (Å²) < 4.78 is 4.90. The number of fused-ring (bicyclic) bond motifs is 1. The zero-order chi connectivity index (χ0) is 14.0. The Balaban J connectivity index is 2.02. The Morgan fingerprint density at radius 2 is 2.21 bits per heavy atom. The van der Waals surface area contributed by atoms with Gasteiger partial charge in [0.25, 0.3) is 0 Å². The molecule has 19 heavy (non-hydrogen) atoms. The molecule has 1 aromatic heterocycles. The van der Waals surface area contributed by atoms with E-state index >= 15 is 0 Å². The van der Waals surface area contributed by atoms with Gasteiger partial charge in [0.15, 0.2) is 5.58 Å². The van der Waals surface area contributed by atoms with Crippen molar-refractivity contribution in [2.45, 2.75) is 20.3 Å². The molecule has 2 rings (SSSR count). The van der Waals surface area contributed by atoms with Crippen LogP contribution >= 0.6 is 0 Å². The Kier molecular flexibility index (Phi) is 3.33. The Morgan fingerprint density at radius 3 is 2.89 bits per heavy atom. The Labute approximate surface area is 109 Å². The van der Waals surface area contributed by atoms with Gasteiger partial charge in [-0.2, -0.15) is 0 Å². The number of aromatic nitrogens is 1. The number of carbonyl (C=O) groups is 1. The first-order chi connectivity index (χ1) is 8.88. The minimum atomic E-state index is -0.816. The summed E-state index contributed by atoms with van der Waals surface area (Å²) >= 11 is 0. The highest BCUT2D eigenvalue weighted by Crippen LogP contribution is 2.21. The SMILES string of the molecule is CC(C)(CCNc1ccc2oc(=O)[nH]c2c1)C(=O)O. The van der Waals surface area contributed by atoms with E-state index in [1.165, 1.54) is 0 Å². The van der Waals surface area contributed by atoms with Gasteiger partial charge in [-0.3, -0.25) is 9.78 Å². The maximum atomic E-state index is 11.0. The van der Waals surface area contributed by atoms with Gasteiger partial charge in [-0.25, -0.2) is 4.79 Å². The van der Waals surface area contributed by atoms with Gasteiger partial charge in [0, 0.05) is 12.2 Å². The third kappa shape index (κ3) is 2.96. The molecule has 0 amide bonds. The van der Waals surface area contributed by atoms with E-state index in [0.29, 0.717) is 24.1 Å². The Morgan fingerprint density at radius 1 is 1.47 bits per heavy atom. The number of H-pyrrole nitrogens is 1. The van der Waals surface area contributed by atoms with Crippen molar-refractivity contribution in [1.82, 2.24) is 4.98 Å². The molecule has 0 atom stereocenters. The summed E-state index contributed by atoms with van der Waals surface area (Å²) in [5, 5.41) is 12.1. The number of benzene rings is 1. The highest BCUT2D eigenvalue weighted by atomic mass is 16.4. The molecular weight excluding hydrogens is 248 g/mol. The van der Waals surface area contributed by atoms with Crippen molar-refractivity contribution < 1.29 is 14.3 Å². The average Bonchev–Trinajstić information content (AvgIpc) is 2.68. The molecule has 3 N–H and O–H groups in total. The summed E-state index contributed by atoms with van der Waals surface area (Å²) in [5.74, 6) is -1.30. The molecule has 0 radical (unpaired) electrons. The summed E-state index contributed by atoms with van der Waals surface area (Å²) in [5.41, 5.74) is 1.17. The molecular formula is C13H16N2O4. The van der Waals surface area contributed by atoms with E-state index in [9.17, 15) is 9.59 Å². The van der Waals surface area contributed by atoms with Gasteiger partial charge in [0.1, 0.15) is 0 Å². The lowest BCUT2D eigenvalue weighted by molar-refractivity contribution is -0.147. The first kappa shape index (κ1) is 13.2. The fraction of sp³-hybridized carbons (Fsp3) is 0.385. The summed E-state index contributed by atoms with van der Waals surface area (Å²) in [6.45, 7) is 3.91. The molecule has 1 aromatic carbocycles. The molecule has 0 unspecified atom stereocenters. The van der Waals surface area contributed by atoms with Crippen LogP contribution in [0.3, 0.4) is 0 Å². The molecule has 6 heteroatoms. The van der Waals surface area contributed by atoms with Gasteiger partial charge < -0.3 is 14.8 Å². The first-order valence-corrected chi connectivity index (χ1v) is 5.99. The van der Waals surface area contributed by atoms with Crippen molar-refractivity contribution in [3.05, 3.63) is 28.7 Å². The van der Waals surface area contributed by atoms with Crippen LogP contribution in [0.5, 0.6) is 0 Å². The van der Waals surface area contributed by atoms with E-state index < -0.39 is 17.1 Å². The number of anilines is 1. The van der Waals surface area contributed by atoms with Crippen molar-refractivity contribution in [2.24, 2.45) is 5.41 Å². The third-order valence-electron chi connectivity index (χ3n) is 3.08. The summed E-state index contributed by atoms with van der Waals surface area (Å²) in [7, 11) is 0. The fourth-order valence-electron chi connectivity index (χ4n) is 1.69. The van der Waals surface area contributed by atoms with Crippen LogP contribution in [0.4, 0.5) is 5.69 Å². The molecule has 0 saturated heterocycles. The number of aromatic amines is 1. The van der Waals surface area contributed by atoms with Crippen molar-refractivity contribution in [3.8, 4) is 0 Å². The van der Waals surface area contributed by atoms with Gasteiger partial charge in [0.05, 0.1) is 10.9 Å². The molecule has 0 fully saturated rings. The van der Waals surface area contributed by atoms with Crippen molar-refractivity contribution in [1.29, 1.82) is 0 Å². The number of nitrogens with one attached hydrogen (secondary N) is 2. The number of oxazole rings is 1. The topological polar surface area (TPSA) is 95.3 Å². The quantitative estimate of drug-likeness (QED) is 0.768. The van der Waals surface area contributed by atoms with Crippen LogP contribution in [-0.2, 0) is 4.79 Å². The van der Waals surface area contributed by atoms with Crippen LogP contribution in [0.15, 0.2) is 27.4 Å². The van der Waals surface area contributed by atoms with E-state index in [-0.39, 0.29) is 0 Å². The lowest BCUT2D eigenvalue weighted by Gasteiger charge is -2.19. The fourth-order valence-corrected chi connectivity index (χ4v) is 1.69. The molecule has 0 aliphatic heterocycles. The number of aliphatic carboxylic acids is 1. The second-order valence-corrected chi connectivity index (χ2v) is 5.09. The van der Waals surface area contributed by atoms with E-state index in [1.807, 2.05) is 0 Å². The van der Waals surface area contributed by atoms with Gasteiger partial charge in [-0.15, -0.1) is 0 Å². The van der Waals surface area contributed by atoms with E-state index in [2.05, 4.69) is 10.3 Å². The Bertz CT molecular complexity index is 654. The van der Waals surface area contributed by atoms with Gasteiger partial charge >= 0.3 is 11.7 Å². The van der Waals surface area contributed by atoms with Crippen LogP contribution in [0.25, 0.3) is 11.1 Å². The van der Waals surface area contributed by atoms with Gasteiger partial charge in [-0.1, -0.05) is 0 Å². The maximum Gasteiger partial charge on any atom is 0.417 e. The number of rotatable bonds is 5. The lowest BCUT2D eigenvalue weighted by Crippen LogP contribution is -2.26. The highest BCUT2D eigenvalue weighted by Gasteiger charge is 2.26. The normalized spacial score (nSPS) is 11.7. The molecule has 0 saturated carbocycles. The van der Waals surface area contributed by atoms with Crippen LogP contribution in [-0.4, -0.2) is 22.6 Å². The van der Waals surface area contributed by atoms with E-state index in [1.54, 1.807) is 32.0 Å². The predicted octanol–water partition coefficient (Wildman–Crippen LogP) is 2.03. The summed E-state index contributed by atoms with van der Waals surface area (Å²) in [6.07, 6.45) is 0.502. The molecule has 2 aromatic rings. The van der Waals surface area contributed by atoms with E-state index in [4.69, 9.17) is 9.52 Å². The largest absolute Gasteiger partial charge is 0.481 e. The predicted molar refractivity (Wildman–Crippen MR) is 71.4 cm³/mol. The third-order valence-corrected chi connectivity index (χ3v) is 3.08. The monoisotopic (exact) mass is 264 g/mol. The smallest absolute Gasteiger partial charge is 0.417 e. The van der Waals surface area contributed by atoms with Gasteiger partial charge in [-0.05, 0) is 38.5 Å². The van der Waals surface area contributed by atoms with E-state index in [0.717, 1.165) is 5.69 Å². The second kappa shape index (κ2) is 4.79. The molecule has 1 heterocycles. The second-order valence-electron chi connectivity index (χ2n) is 5.09. The minimum absolute atomic E-state index is 0.487. The molecule has 0 spiro atoms. The summed E-state index contributed by atoms with van der Waals surface area (Å²) in [6, 6.07) is 5.23. The number of carboxylic acids is 1. The van der Waals surface area contributed by atoms with Gasteiger partial charge in [0.2, 0.25) is 0 Å². The zero-order valence-corrected chi connectivity index (χ0v) is 10.8. The maximum absolute atomic E-state index is 11.0. The van der Waals surface area contributed by atoms with Crippen molar-refractivity contribution in [2.75, 3.05) is 11.9 Å². The lowest BCUT2D eigenvalue weighted by atomic mass is 9.90. The molecule has 0 aliphatic rings. The zero-order valence-electron chi connectivity index (χ0n) is 10.8. The van der Waals surface area contributed by atoms with Crippen LogP contribution in [0.1, 0.15) is 20.3 Å². The standard InChI is InChI=1S/C13H16N2O4/c1-13(2,11(16)17)5-6-14-8-3-4-10-9(7-8)15-12(18)19-10/h3-4,7,14H,5-6H2,1-2H3,(H,15,18)(H,16,17). The average molecular weight is 264 g/mol. The minimum Gasteiger partial charge on any atom is -0.481 e. The number of carboxylic acid groups (broad SMARTS) is 1. The molecule has 102 valence electrons. The van der Waals surface area contributed by atoms with Crippen LogP contribution < -0.4 is 11.1 Å². The molecule has 6 nitrogen and oxygen atoms in total. The van der Waals surface area contributed by atoms with Crippen molar-refractivity contribution >= 4 is 22.8 Å². The number of hydrogen-bond donors (Lipinski definition) is 3. The Hall–Kier alpha value is -2.24. The number of hydrogen-bond acceptors (Lipinski definition) is 4. The molecule has 0 bridgehead atoms. The highest BCUT2D eigenvalue weighted by molar-refractivity contribution is 5.77. The van der Waals surface area contributed by atoms with Crippen molar-refractivity contribution in [3.63, 3.8) is 0 Å². The van der Waals surface area contributed by atoms with Crippen LogP contribution in [0.2, 0.25) is 0 Å². The first-order valence-electron chi connectivity index (χ1n) is 5.99.